The first-order valence-corrected chi connectivity index (χ1v) is 9.62. The Kier molecular flexibility index (Phi) is 6.01. The zero-order chi connectivity index (χ0) is 21.3. The lowest BCUT2D eigenvalue weighted by Crippen LogP contribution is -2.08. The Labute approximate surface area is 172 Å². The van der Waals surface area contributed by atoms with Crippen LogP contribution >= 0.6 is 0 Å². The maximum absolute atomic E-state index is 5.87. The van der Waals surface area contributed by atoms with Gasteiger partial charge in [-0.25, -0.2) is 0 Å². The molecule has 0 unspecified atom stereocenters. The molecule has 6 nitrogen and oxygen atoms in total. The fraction of sp³-hybridized carbons (Fsp3) is 0.478. The quantitative estimate of drug-likeness (QED) is 0.698. The van der Waals surface area contributed by atoms with Crippen LogP contribution in [0.3, 0.4) is 0 Å². The van der Waals surface area contributed by atoms with Crippen LogP contribution in [0.5, 0.6) is 34.5 Å². The highest BCUT2D eigenvalue weighted by molar-refractivity contribution is 5.89. The van der Waals surface area contributed by atoms with Gasteiger partial charge in [-0.1, -0.05) is 13.8 Å². The Morgan fingerprint density at radius 2 is 1.10 bits per heavy atom. The van der Waals surface area contributed by atoms with Gasteiger partial charge in [-0.05, 0) is 41.5 Å². The van der Waals surface area contributed by atoms with Gasteiger partial charge in [-0.2, -0.15) is 0 Å². The monoisotopic (exact) mass is 402 g/mol. The van der Waals surface area contributed by atoms with Gasteiger partial charge < -0.3 is 28.4 Å². The van der Waals surface area contributed by atoms with E-state index in [2.05, 4.69) is 13.8 Å². The van der Waals surface area contributed by atoms with Crippen LogP contribution in [0.4, 0.5) is 0 Å². The van der Waals surface area contributed by atoms with Crippen molar-refractivity contribution in [1.29, 1.82) is 0 Å². The van der Waals surface area contributed by atoms with Gasteiger partial charge in [0.25, 0.3) is 0 Å². The number of fused-ring (bicyclic) bond motifs is 3. The first-order valence-electron chi connectivity index (χ1n) is 9.62. The van der Waals surface area contributed by atoms with Crippen LogP contribution in [-0.2, 0) is 6.42 Å². The fourth-order valence-corrected chi connectivity index (χ4v) is 4.26. The standard InChI is InChI=1S/C23H30O6/c1-12-9-14-10-16(24-3)20(26-5)22(28-7)18(14)19-15(13(12)2)11-17(25-4)21(27-6)23(19)29-8/h10-13H,9H2,1-8H3/t12-,13+/m0/s1. The van der Waals surface area contributed by atoms with E-state index in [0.717, 1.165) is 28.7 Å². The third-order valence-electron chi connectivity index (χ3n) is 5.91. The van der Waals surface area contributed by atoms with Crippen molar-refractivity contribution >= 4 is 0 Å². The molecular weight excluding hydrogens is 372 g/mol. The second-order valence-corrected chi connectivity index (χ2v) is 7.26. The molecule has 158 valence electrons. The molecular formula is C23H30O6. The molecule has 1 aliphatic rings. The molecule has 29 heavy (non-hydrogen) atoms. The summed E-state index contributed by atoms with van der Waals surface area (Å²) in [6, 6.07) is 4.08. The molecule has 0 saturated carbocycles. The lowest BCUT2D eigenvalue weighted by Gasteiger charge is -2.24. The number of hydrogen-bond acceptors (Lipinski definition) is 6. The van der Waals surface area contributed by atoms with Crippen molar-refractivity contribution in [2.24, 2.45) is 5.92 Å². The molecule has 2 atom stereocenters. The van der Waals surface area contributed by atoms with E-state index in [4.69, 9.17) is 28.4 Å². The SMILES string of the molecule is COc1cc2c(c(OC)c1OC)-c1c(cc(OC)c(OC)c1OC)[C@H](C)[C@@H](C)C2. The van der Waals surface area contributed by atoms with Gasteiger partial charge in [0.1, 0.15) is 0 Å². The van der Waals surface area contributed by atoms with Crippen molar-refractivity contribution in [3.63, 3.8) is 0 Å². The van der Waals surface area contributed by atoms with Crippen LogP contribution in [0.15, 0.2) is 12.1 Å². The molecule has 2 aromatic carbocycles. The summed E-state index contributed by atoms with van der Waals surface area (Å²) in [5.74, 6) is 4.27. The molecule has 0 N–H and O–H groups in total. The van der Waals surface area contributed by atoms with E-state index in [-0.39, 0.29) is 5.92 Å². The van der Waals surface area contributed by atoms with Crippen LogP contribution in [0.25, 0.3) is 11.1 Å². The van der Waals surface area contributed by atoms with Crippen molar-refractivity contribution in [1.82, 2.24) is 0 Å². The van der Waals surface area contributed by atoms with E-state index in [1.165, 1.54) is 0 Å². The van der Waals surface area contributed by atoms with Gasteiger partial charge in [0, 0.05) is 11.1 Å². The lowest BCUT2D eigenvalue weighted by atomic mass is 9.85. The molecule has 1 aliphatic carbocycles. The summed E-state index contributed by atoms with van der Waals surface area (Å²) in [5, 5.41) is 0. The predicted octanol–water partition coefficient (Wildman–Crippen LogP) is 4.70. The van der Waals surface area contributed by atoms with Gasteiger partial charge in [-0.3, -0.25) is 0 Å². The van der Waals surface area contributed by atoms with Crippen molar-refractivity contribution in [2.45, 2.75) is 26.2 Å². The molecule has 2 aromatic rings. The Hall–Kier alpha value is -2.76. The minimum atomic E-state index is 0.257. The predicted molar refractivity (Wildman–Crippen MR) is 112 cm³/mol. The number of methoxy groups -OCH3 is 6. The maximum atomic E-state index is 5.87. The minimum absolute atomic E-state index is 0.257. The summed E-state index contributed by atoms with van der Waals surface area (Å²) < 4.78 is 34.3. The summed E-state index contributed by atoms with van der Waals surface area (Å²) in [6.45, 7) is 4.47. The van der Waals surface area contributed by atoms with Crippen LogP contribution in [0, 0.1) is 5.92 Å². The van der Waals surface area contributed by atoms with Crippen LogP contribution < -0.4 is 28.4 Å². The summed E-state index contributed by atoms with van der Waals surface area (Å²) in [6.07, 6.45) is 0.857. The number of rotatable bonds is 6. The van der Waals surface area contributed by atoms with Gasteiger partial charge in [0.05, 0.1) is 42.7 Å². The highest BCUT2D eigenvalue weighted by Crippen LogP contribution is 2.57. The Morgan fingerprint density at radius 3 is 1.59 bits per heavy atom. The van der Waals surface area contributed by atoms with Gasteiger partial charge in [-0.15, -0.1) is 0 Å². The molecule has 0 fully saturated rings. The van der Waals surface area contributed by atoms with Crippen LogP contribution in [0.2, 0.25) is 0 Å². The van der Waals surface area contributed by atoms with Crippen molar-refractivity contribution in [2.75, 3.05) is 42.7 Å². The van der Waals surface area contributed by atoms with Crippen molar-refractivity contribution in [3.05, 3.63) is 23.3 Å². The first kappa shape index (κ1) is 21.0. The Balaban J connectivity index is 2.53. The summed E-state index contributed by atoms with van der Waals surface area (Å²) in [7, 11) is 9.78. The largest absolute Gasteiger partial charge is 0.493 e. The molecule has 0 amide bonds. The second-order valence-electron chi connectivity index (χ2n) is 7.26. The smallest absolute Gasteiger partial charge is 0.203 e. The fourth-order valence-electron chi connectivity index (χ4n) is 4.26. The van der Waals surface area contributed by atoms with E-state index in [1.54, 1.807) is 42.7 Å². The number of ether oxygens (including phenoxy) is 6. The van der Waals surface area contributed by atoms with E-state index in [0.29, 0.717) is 40.4 Å². The van der Waals surface area contributed by atoms with E-state index in [1.807, 2.05) is 12.1 Å². The second kappa shape index (κ2) is 8.31. The van der Waals surface area contributed by atoms with Gasteiger partial charge >= 0.3 is 0 Å². The van der Waals surface area contributed by atoms with E-state index < -0.39 is 0 Å². The Morgan fingerprint density at radius 1 is 0.621 bits per heavy atom. The van der Waals surface area contributed by atoms with Gasteiger partial charge in [0.15, 0.2) is 23.0 Å². The zero-order valence-electron chi connectivity index (χ0n) is 18.5. The molecule has 0 radical (unpaired) electrons. The molecule has 0 saturated heterocycles. The normalized spacial score (nSPS) is 17.5. The highest BCUT2D eigenvalue weighted by Gasteiger charge is 2.35. The summed E-state index contributed by atoms with van der Waals surface area (Å²) in [4.78, 5) is 0. The third kappa shape index (κ3) is 3.20. The van der Waals surface area contributed by atoms with Crippen molar-refractivity contribution in [3.8, 4) is 45.6 Å². The molecule has 3 rings (SSSR count). The molecule has 0 bridgehead atoms. The van der Waals surface area contributed by atoms with Crippen molar-refractivity contribution < 1.29 is 28.4 Å². The van der Waals surface area contributed by atoms with Gasteiger partial charge in [0.2, 0.25) is 11.5 Å². The maximum Gasteiger partial charge on any atom is 0.203 e. The van der Waals surface area contributed by atoms with Crippen LogP contribution in [-0.4, -0.2) is 42.7 Å². The molecule has 0 aliphatic heterocycles. The molecule has 0 aromatic heterocycles. The topological polar surface area (TPSA) is 55.4 Å². The number of benzene rings is 2. The molecule has 0 heterocycles. The zero-order valence-corrected chi connectivity index (χ0v) is 18.5. The average molecular weight is 402 g/mol. The van der Waals surface area contributed by atoms with Crippen LogP contribution in [0.1, 0.15) is 30.9 Å². The molecule has 6 heteroatoms. The summed E-state index contributed by atoms with van der Waals surface area (Å²) >= 11 is 0. The first-order chi connectivity index (χ1) is 14.0. The molecule has 0 spiro atoms. The lowest BCUT2D eigenvalue weighted by molar-refractivity contribution is 0.321. The Bertz CT molecular complexity index is 905. The summed E-state index contributed by atoms with van der Waals surface area (Å²) in [5.41, 5.74) is 4.11. The van der Waals surface area contributed by atoms with E-state index >= 15 is 0 Å². The number of hydrogen-bond donors (Lipinski definition) is 0. The average Bonchev–Trinajstić information content (AvgIpc) is 2.85. The third-order valence-corrected chi connectivity index (χ3v) is 5.91. The van der Waals surface area contributed by atoms with E-state index in [9.17, 15) is 0 Å². The minimum Gasteiger partial charge on any atom is -0.493 e. The highest BCUT2D eigenvalue weighted by atomic mass is 16.5.